The van der Waals surface area contributed by atoms with Crippen LogP contribution in [0.1, 0.15) is 33.1 Å². The fourth-order valence-corrected chi connectivity index (χ4v) is 6.33. The number of piperidine rings is 1. The van der Waals surface area contributed by atoms with E-state index < -0.39 is 0 Å². The van der Waals surface area contributed by atoms with Crippen LogP contribution in [-0.2, 0) is 14.3 Å². The van der Waals surface area contributed by atoms with Gasteiger partial charge in [0.25, 0.3) is 0 Å². The maximum absolute atomic E-state index is 12.6. The molecule has 0 amide bonds. The summed E-state index contributed by atoms with van der Waals surface area (Å²) in [4.78, 5) is 15.0. The Labute approximate surface area is 172 Å². The second-order valence-corrected chi connectivity index (χ2v) is 9.30. The number of aliphatic hydroxyl groups excluding tert-OH is 2. The van der Waals surface area contributed by atoms with Gasteiger partial charge in [-0.2, -0.15) is 0 Å². The van der Waals surface area contributed by atoms with Crippen LogP contribution < -0.4 is 0 Å². The van der Waals surface area contributed by atoms with Crippen LogP contribution in [0.2, 0.25) is 0 Å². The minimum Gasteiger partial charge on any atom is -0.493 e. The molecule has 29 heavy (non-hydrogen) atoms. The Hall–Kier alpha value is -1.63. The molecule has 5 aliphatic rings. The number of ketones is 1. The Bertz CT molecular complexity index is 748. The van der Waals surface area contributed by atoms with Gasteiger partial charge in [0.1, 0.15) is 5.76 Å². The average molecular weight is 404 g/mol. The summed E-state index contributed by atoms with van der Waals surface area (Å²) in [6.07, 6.45) is 9.83. The van der Waals surface area contributed by atoms with Crippen LogP contribution in [0.15, 0.2) is 35.8 Å². The molecular formula is C23H33NO5. The lowest BCUT2D eigenvalue weighted by Crippen LogP contribution is -2.64. The number of hydrogen-bond acceptors (Lipinski definition) is 6. The smallest absolute Gasteiger partial charge is 0.196 e. The van der Waals surface area contributed by atoms with E-state index in [1.54, 1.807) is 27.0 Å². The largest absolute Gasteiger partial charge is 0.493 e. The predicted molar refractivity (Wildman–Crippen MR) is 109 cm³/mol. The van der Waals surface area contributed by atoms with Crippen molar-refractivity contribution >= 4 is 5.78 Å². The molecule has 0 aromatic rings. The van der Waals surface area contributed by atoms with E-state index in [4.69, 9.17) is 19.7 Å². The van der Waals surface area contributed by atoms with Crippen molar-refractivity contribution in [2.24, 2.45) is 23.2 Å². The molecule has 2 aliphatic heterocycles. The molecule has 0 aromatic carbocycles. The molecule has 3 fully saturated rings. The first kappa shape index (κ1) is 20.6. The van der Waals surface area contributed by atoms with Gasteiger partial charge in [-0.25, -0.2) is 0 Å². The third-order valence-corrected chi connectivity index (χ3v) is 7.40. The van der Waals surface area contributed by atoms with E-state index >= 15 is 0 Å². The quantitative estimate of drug-likeness (QED) is 0.751. The number of likely N-dealkylation sites (tertiary alicyclic amines) is 1. The summed E-state index contributed by atoms with van der Waals surface area (Å²) >= 11 is 0. The molecule has 6 nitrogen and oxygen atoms in total. The molecule has 0 radical (unpaired) electrons. The van der Waals surface area contributed by atoms with E-state index in [1.807, 2.05) is 6.08 Å². The predicted octanol–water partition coefficient (Wildman–Crippen LogP) is 2.03. The third kappa shape index (κ3) is 3.16. The summed E-state index contributed by atoms with van der Waals surface area (Å²) < 4.78 is 11.8. The second-order valence-electron chi connectivity index (χ2n) is 9.30. The molecule has 8 atom stereocenters. The average Bonchev–Trinajstić information content (AvgIpc) is 3.01. The Kier molecular flexibility index (Phi) is 5.38. The first-order chi connectivity index (χ1) is 13.8. The monoisotopic (exact) mass is 403 g/mol. The molecule has 3 aliphatic carbocycles. The zero-order chi connectivity index (χ0) is 20.9. The van der Waals surface area contributed by atoms with E-state index in [-0.39, 0.29) is 29.5 Å². The third-order valence-electron chi connectivity index (χ3n) is 7.40. The van der Waals surface area contributed by atoms with Crippen molar-refractivity contribution in [2.45, 2.75) is 57.5 Å². The summed E-state index contributed by atoms with van der Waals surface area (Å²) in [6.45, 7) is 4.37. The van der Waals surface area contributed by atoms with Crippen LogP contribution in [0.25, 0.3) is 0 Å². The van der Waals surface area contributed by atoms with Gasteiger partial charge in [0.05, 0.1) is 19.3 Å². The summed E-state index contributed by atoms with van der Waals surface area (Å²) in [5.41, 5.74) is -0.0597. The van der Waals surface area contributed by atoms with Crippen LogP contribution in [0.4, 0.5) is 0 Å². The Morgan fingerprint density at radius 2 is 2.00 bits per heavy atom. The number of nitrogens with zero attached hydrogens (tertiary/aromatic N) is 1. The van der Waals surface area contributed by atoms with Gasteiger partial charge in [0.15, 0.2) is 17.6 Å². The standard InChI is InChI=1S/C18H21NO3.C5H12O2/c1-19-8-7-18-11-4-5-13(20)17(18)22-16-14(21-2)6-3-10(15(16)18)9-12(11)19;1-4(6)3-5(2)7/h3-6,10-12,15,17H,7-9H2,1-2H3;4-7H,3H2,1-2H3/t10?,11-,12+,15?,17-,18-;/m0./s1. The summed E-state index contributed by atoms with van der Waals surface area (Å²) in [5, 5.41) is 17.1. The van der Waals surface area contributed by atoms with Gasteiger partial charge in [-0.15, -0.1) is 0 Å². The molecular weight excluding hydrogens is 370 g/mol. The van der Waals surface area contributed by atoms with Crippen LogP contribution in [-0.4, -0.2) is 66.0 Å². The van der Waals surface area contributed by atoms with Gasteiger partial charge < -0.3 is 24.6 Å². The maximum atomic E-state index is 12.6. The van der Waals surface area contributed by atoms with E-state index in [2.05, 4.69) is 24.1 Å². The van der Waals surface area contributed by atoms with Gasteiger partial charge >= 0.3 is 0 Å². The van der Waals surface area contributed by atoms with E-state index in [0.717, 1.165) is 30.9 Å². The van der Waals surface area contributed by atoms with Crippen molar-refractivity contribution in [3.8, 4) is 0 Å². The Morgan fingerprint density at radius 1 is 1.28 bits per heavy atom. The molecule has 2 bridgehead atoms. The summed E-state index contributed by atoms with van der Waals surface area (Å²) in [6, 6.07) is 0.513. The highest BCUT2D eigenvalue weighted by atomic mass is 16.5. The van der Waals surface area contributed by atoms with E-state index in [0.29, 0.717) is 30.2 Å². The number of hydrogen-bond donors (Lipinski definition) is 2. The highest BCUT2D eigenvalue weighted by Gasteiger charge is 2.69. The van der Waals surface area contributed by atoms with Gasteiger partial charge in [-0.1, -0.05) is 12.2 Å². The summed E-state index contributed by atoms with van der Waals surface area (Å²) in [7, 11) is 3.91. The van der Waals surface area contributed by atoms with Gasteiger partial charge in [-0.3, -0.25) is 4.79 Å². The molecule has 1 saturated carbocycles. The Balaban J connectivity index is 0.000000255. The Morgan fingerprint density at radius 3 is 2.62 bits per heavy atom. The minimum absolute atomic E-state index is 0.0597. The number of ether oxygens (including phenoxy) is 2. The van der Waals surface area contributed by atoms with Crippen molar-refractivity contribution in [3.63, 3.8) is 0 Å². The van der Waals surface area contributed by atoms with E-state index in [9.17, 15) is 4.79 Å². The minimum atomic E-state index is -0.375. The fourth-order valence-electron chi connectivity index (χ4n) is 6.33. The number of rotatable bonds is 3. The van der Waals surface area contributed by atoms with Crippen LogP contribution in [0.3, 0.4) is 0 Å². The zero-order valence-electron chi connectivity index (χ0n) is 17.7. The molecule has 160 valence electrons. The van der Waals surface area contributed by atoms with Crippen molar-refractivity contribution in [3.05, 3.63) is 35.8 Å². The SMILES string of the molecule is CC(O)CC(C)O.COC1=C2O[C@H]3C(=O)C=C[C@H]4[C@H]5CC(C=C1)C2[C@@]34CCN5C. The van der Waals surface area contributed by atoms with Crippen molar-refractivity contribution in [1.29, 1.82) is 0 Å². The second kappa shape index (κ2) is 7.56. The molecule has 2 heterocycles. The van der Waals surface area contributed by atoms with Crippen molar-refractivity contribution in [2.75, 3.05) is 20.7 Å². The molecule has 6 heteroatoms. The number of aliphatic hydroxyl groups is 2. The molecule has 1 spiro atoms. The number of methoxy groups -OCH3 is 1. The normalized spacial score (nSPS) is 41.2. The molecule has 2 N–H and O–H groups in total. The highest BCUT2D eigenvalue weighted by Crippen LogP contribution is 2.66. The zero-order valence-corrected chi connectivity index (χ0v) is 17.7. The first-order valence-corrected chi connectivity index (χ1v) is 10.7. The number of allylic oxidation sites excluding steroid dienone is 3. The number of carbonyl (C=O) groups excluding carboxylic acids is 1. The van der Waals surface area contributed by atoms with Gasteiger partial charge in [0.2, 0.25) is 0 Å². The van der Waals surface area contributed by atoms with Crippen LogP contribution in [0.5, 0.6) is 0 Å². The van der Waals surface area contributed by atoms with Gasteiger partial charge in [-0.05, 0) is 64.8 Å². The number of carbonyl (C=O) groups is 1. The lowest BCUT2D eigenvalue weighted by molar-refractivity contribution is -0.140. The van der Waals surface area contributed by atoms with Crippen molar-refractivity contribution < 1.29 is 24.5 Å². The molecule has 4 unspecified atom stereocenters. The molecule has 5 rings (SSSR count). The van der Waals surface area contributed by atoms with E-state index in [1.165, 1.54) is 0 Å². The lowest BCUT2D eigenvalue weighted by atomic mass is 9.48. The topological polar surface area (TPSA) is 79.2 Å². The lowest BCUT2D eigenvalue weighted by Gasteiger charge is -2.59. The van der Waals surface area contributed by atoms with Crippen LogP contribution in [0, 0.1) is 23.2 Å². The fraction of sp³-hybridized carbons (Fsp3) is 0.696. The molecule has 0 aromatic heterocycles. The highest BCUT2D eigenvalue weighted by molar-refractivity contribution is 5.96. The summed E-state index contributed by atoms with van der Waals surface area (Å²) in [5.74, 6) is 3.07. The molecule has 2 saturated heterocycles. The maximum Gasteiger partial charge on any atom is 0.196 e. The van der Waals surface area contributed by atoms with Gasteiger partial charge in [0, 0.05) is 23.3 Å². The van der Waals surface area contributed by atoms with Crippen LogP contribution >= 0.6 is 0 Å². The first-order valence-electron chi connectivity index (χ1n) is 10.7. The van der Waals surface area contributed by atoms with Crippen molar-refractivity contribution in [1.82, 2.24) is 4.90 Å².